The van der Waals surface area contributed by atoms with Crippen LogP contribution in [0.4, 0.5) is 0 Å². The summed E-state index contributed by atoms with van der Waals surface area (Å²) in [6.45, 7) is 0. The van der Waals surface area contributed by atoms with Gasteiger partial charge in [0.25, 0.3) is 9.05 Å². The van der Waals surface area contributed by atoms with Gasteiger partial charge in [0.1, 0.15) is 9.80 Å². The van der Waals surface area contributed by atoms with Gasteiger partial charge in [0.05, 0.1) is 15.9 Å². The van der Waals surface area contributed by atoms with Crippen LogP contribution in [0, 0.1) is 3.82 Å². The minimum Gasteiger partial charge on any atom is -0.312 e. The van der Waals surface area contributed by atoms with Crippen molar-refractivity contribution < 1.29 is 17.2 Å². The number of hydrogen-bond acceptors (Lipinski definition) is 5. The highest BCUT2D eigenvalue weighted by Crippen LogP contribution is 2.24. The van der Waals surface area contributed by atoms with Crippen LogP contribution >= 0.6 is 22.2 Å². The van der Waals surface area contributed by atoms with Gasteiger partial charge in [-0.25, -0.2) is 26.6 Å². The van der Waals surface area contributed by atoms with E-state index in [0.717, 1.165) is 11.5 Å². The van der Waals surface area contributed by atoms with E-state index in [-0.39, 0.29) is 8.72 Å². The number of hydrogen-bond donors (Lipinski definition) is 2. The first-order valence-electron chi connectivity index (χ1n) is 5.17. The van der Waals surface area contributed by atoms with Crippen molar-refractivity contribution >= 4 is 57.7 Å². The van der Waals surface area contributed by atoms with Gasteiger partial charge >= 0.3 is 0 Å². The molecule has 7 nitrogen and oxygen atoms in total. The predicted molar refractivity (Wildman–Crippen MR) is 77.9 cm³/mol. The second-order valence-corrected chi connectivity index (χ2v) is 9.78. The minimum absolute atomic E-state index is 0.0594. The maximum absolute atomic E-state index is 11.7. The lowest BCUT2D eigenvalue weighted by Crippen LogP contribution is -1.93. The third kappa shape index (κ3) is 2.13. The van der Waals surface area contributed by atoms with Crippen molar-refractivity contribution in [3.05, 3.63) is 22.0 Å². The molecule has 20 heavy (non-hydrogen) atoms. The first-order chi connectivity index (χ1) is 9.18. The van der Waals surface area contributed by atoms with Gasteiger partial charge in [0, 0.05) is 16.9 Å². The van der Waals surface area contributed by atoms with Crippen molar-refractivity contribution in [2.45, 2.75) is 4.90 Å². The average molecular weight is 354 g/mol. The summed E-state index contributed by atoms with van der Waals surface area (Å²) < 4.78 is 48.5. The number of imidazole rings is 1. The Labute approximate surface area is 122 Å². The van der Waals surface area contributed by atoms with Crippen LogP contribution in [-0.4, -0.2) is 37.4 Å². The number of nitrogens with one attached hydrogen (secondary N) is 1. The number of halogens is 1. The van der Waals surface area contributed by atoms with Crippen molar-refractivity contribution in [1.29, 1.82) is 0 Å². The lowest BCUT2D eigenvalue weighted by Gasteiger charge is -1.95. The molecule has 0 bridgehead atoms. The van der Waals surface area contributed by atoms with E-state index in [1.54, 1.807) is 0 Å². The van der Waals surface area contributed by atoms with E-state index in [9.17, 15) is 17.2 Å². The van der Waals surface area contributed by atoms with Crippen LogP contribution in [0.5, 0.6) is 0 Å². The molecule has 3 rings (SSSR count). The van der Waals surface area contributed by atoms with Crippen molar-refractivity contribution in [2.75, 3.05) is 6.26 Å². The third-order valence-electron chi connectivity index (χ3n) is 2.66. The Morgan fingerprint density at radius 1 is 1.40 bits per heavy atom. The summed E-state index contributed by atoms with van der Waals surface area (Å²) in [6.07, 6.45) is 1.20. The Morgan fingerprint density at radius 2 is 2.10 bits per heavy atom. The van der Waals surface area contributed by atoms with E-state index in [1.165, 1.54) is 29.0 Å². The highest BCUT2D eigenvalue weighted by atomic mass is 35.7. The van der Waals surface area contributed by atoms with Crippen LogP contribution < -0.4 is 0 Å². The van der Waals surface area contributed by atoms with Gasteiger partial charge in [-0.2, -0.15) is 0 Å². The summed E-state index contributed by atoms with van der Waals surface area (Å²) in [5.41, 5.74) is 1.26. The summed E-state index contributed by atoms with van der Waals surface area (Å²) in [5.74, 6) is 0. The molecule has 11 heteroatoms. The van der Waals surface area contributed by atoms with Crippen LogP contribution in [0.15, 0.2) is 23.1 Å². The van der Waals surface area contributed by atoms with Crippen LogP contribution in [0.2, 0.25) is 0 Å². The molecule has 1 aromatic carbocycles. The standard InChI is InChI=1S/C9H8ClN3O4S3/c1-19(14,15)9-8-11-6-3-2-5(20(10,16)17)4-7(6)13(8)12-18-9/h2-4,12H,1H3,(H,14,15). The Hall–Kier alpha value is -1.07. The fraction of sp³-hybridized carbons (Fsp3) is 0.111. The van der Waals surface area contributed by atoms with E-state index in [1.807, 2.05) is 0 Å². The average Bonchev–Trinajstić information content (AvgIpc) is 2.83. The van der Waals surface area contributed by atoms with Gasteiger partial charge in [-0.15, -0.1) is 0 Å². The molecule has 0 saturated heterocycles. The number of nitrogens with zero attached hydrogens (tertiary/aromatic N) is 2. The van der Waals surface area contributed by atoms with Crippen LogP contribution in [0.25, 0.3) is 16.7 Å². The Kier molecular flexibility index (Phi) is 2.93. The highest BCUT2D eigenvalue weighted by molar-refractivity contribution is 8.13. The largest absolute Gasteiger partial charge is 0.312 e. The molecule has 0 saturated carbocycles. The smallest absolute Gasteiger partial charge is 0.261 e. The van der Waals surface area contributed by atoms with Gasteiger partial charge < -0.3 is 4.55 Å². The molecule has 0 aliphatic rings. The summed E-state index contributed by atoms with van der Waals surface area (Å²) >= 11 is 0.972. The van der Waals surface area contributed by atoms with Gasteiger partial charge in [-0.3, -0.25) is 0 Å². The van der Waals surface area contributed by atoms with E-state index in [2.05, 4.69) is 9.47 Å². The van der Waals surface area contributed by atoms with Gasteiger partial charge in [-0.05, 0) is 29.7 Å². The number of fused-ring (bicyclic) bond motifs is 3. The van der Waals surface area contributed by atoms with E-state index in [4.69, 9.17) is 10.7 Å². The molecule has 0 spiro atoms. The molecule has 1 unspecified atom stereocenters. The molecule has 2 aromatic heterocycles. The monoisotopic (exact) mass is 353 g/mol. The molecule has 1 atom stereocenters. The van der Waals surface area contributed by atoms with Gasteiger partial charge in [-0.1, -0.05) is 0 Å². The molecule has 0 radical (unpaired) electrons. The molecule has 0 aliphatic heterocycles. The Balaban J connectivity index is 2.53. The Bertz CT molecular complexity index is 1090. The molecule has 0 fully saturated rings. The topological polar surface area (TPSA) is 105 Å². The summed E-state index contributed by atoms with van der Waals surface area (Å²) in [6, 6.07) is 4.19. The summed E-state index contributed by atoms with van der Waals surface area (Å²) in [4.78, 5) is 4.17. The van der Waals surface area contributed by atoms with Gasteiger partial charge in [0.15, 0.2) is 9.47 Å². The molecular weight excluding hydrogens is 346 g/mol. The van der Waals surface area contributed by atoms with Crippen molar-refractivity contribution in [1.82, 2.24) is 14.0 Å². The number of rotatable bonds is 1. The second-order valence-electron chi connectivity index (χ2n) is 4.14. The number of aromatic nitrogens is 3. The molecule has 3 aromatic rings. The molecule has 0 aliphatic carbocycles. The normalized spacial score (nSPS) is 15.8. The quantitative estimate of drug-likeness (QED) is 0.512. The number of benzene rings is 1. The Morgan fingerprint density at radius 3 is 2.70 bits per heavy atom. The fourth-order valence-corrected chi connectivity index (χ4v) is 4.38. The summed E-state index contributed by atoms with van der Waals surface area (Å²) in [5, 5.41) is 0. The first kappa shape index (κ1) is 13.9. The maximum Gasteiger partial charge on any atom is 0.261 e. The van der Waals surface area contributed by atoms with Crippen LogP contribution in [0.1, 0.15) is 0 Å². The van der Waals surface area contributed by atoms with Crippen molar-refractivity contribution in [3.63, 3.8) is 0 Å². The zero-order valence-electron chi connectivity index (χ0n) is 9.90. The molecule has 2 N–H and O–H groups in total. The first-order valence-corrected chi connectivity index (χ1v) is 10.2. The lowest BCUT2D eigenvalue weighted by atomic mass is 10.3. The van der Waals surface area contributed by atoms with E-state index < -0.39 is 18.9 Å². The lowest BCUT2D eigenvalue weighted by molar-refractivity contribution is 0.563. The van der Waals surface area contributed by atoms with Crippen LogP contribution in [-0.2, 0) is 18.9 Å². The SMILES string of the molecule is CS(=O)(O)=c1s[nH]n2c1nc1ccc(S(=O)(=O)Cl)cc12. The zero-order valence-corrected chi connectivity index (χ0v) is 13.1. The van der Waals surface area contributed by atoms with Crippen LogP contribution in [0.3, 0.4) is 0 Å². The second kappa shape index (κ2) is 4.21. The minimum atomic E-state index is -3.85. The molecule has 108 valence electrons. The predicted octanol–water partition coefficient (Wildman–Crippen LogP) is 1.72. The van der Waals surface area contributed by atoms with E-state index >= 15 is 0 Å². The molecular formula is C9H8ClN3O4S3. The maximum atomic E-state index is 11.7. The van der Waals surface area contributed by atoms with Gasteiger partial charge in [0.2, 0.25) is 0 Å². The zero-order chi connectivity index (χ0) is 14.7. The number of aromatic amines is 1. The summed E-state index contributed by atoms with van der Waals surface area (Å²) in [7, 11) is -1.71. The molecule has 0 amide bonds. The van der Waals surface area contributed by atoms with E-state index in [0.29, 0.717) is 16.7 Å². The van der Waals surface area contributed by atoms with Crippen molar-refractivity contribution in [2.24, 2.45) is 0 Å². The van der Waals surface area contributed by atoms with Crippen molar-refractivity contribution in [3.8, 4) is 0 Å². The third-order valence-corrected chi connectivity index (χ3v) is 6.71. The highest BCUT2D eigenvalue weighted by Gasteiger charge is 2.15. The fourth-order valence-electron chi connectivity index (χ4n) is 1.82. The number of H-pyrrole nitrogens is 1. The molecule has 2 heterocycles.